The standard InChI is InChI=1S/C15H30N2O/c1-11(2)8-13-10-17(12(3)9-16-13)14-6-5-7-15(14)18-4/h11-16H,5-10H2,1-4H3. The summed E-state index contributed by atoms with van der Waals surface area (Å²) >= 11 is 0. The predicted molar refractivity (Wildman–Crippen MR) is 75.8 cm³/mol. The number of hydrogen-bond donors (Lipinski definition) is 1. The maximum absolute atomic E-state index is 5.68. The summed E-state index contributed by atoms with van der Waals surface area (Å²) in [5.74, 6) is 0.777. The highest BCUT2D eigenvalue weighted by atomic mass is 16.5. The van der Waals surface area contributed by atoms with Crippen molar-refractivity contribution in [3.05, 3.63) is 0 Å². The van der Waals surface area contributed by atoms with Crippen LogP contribution in [0.15, 0.2) is 0 Å². The normalized spacial score (nSPS) is 38.5. The molecule has 18 heavy (non-hydrogen) atoms. The van der Waals surface area contributed by atoms with Gasteiger partial charge in [0.25, 0.3) is 0 Å². The van der Waals surface area contributed by atoms with Crippen molar-refractivity contribution in [3.8, 4) is 0 Å². The van der Waals surface area contributed by atoms with Crippen LogP contribution in [0.3, 0.4) is 0 Å². The van der Waals surface area contributed by atoms with Crippen molar-refractivity contribution in [1.29, 1.82) is 0 Å². The highest BCUT2D eigenvalue weighted by Gasteiger charge is 2.37. The molecule has 0 radical (unpaired) electrons. The lowest BCUT2D eigenvalue weighted by molar-refractivity contribution is -0.00102. The van der Waals surface area contributed by atoms with Crippen molar-refractivity contribution in [2.24, 2.45) is 5.92 Å². The van der Waals surface area contributed by atoms with Crippen molar-refractivity contribution >= 4 is 0 Å². The van der Waals surface area contributed by atoms with E-state index in [4.69, 9.17) is 4.74 Å². The van der Waals surface area contributed by atoms with Gasteiger partial charge in [-0.3, -0.25) is 4.90 Å². The molecule has 106 valence electrons. The third-order valence-electron chi connectivity index (χ3n) is 4.60. The van der Waals surface area contributed by atoms with Crippen LogP contribution in [0.2, 0.25) is 0 Å². The molecule has 2 fully saturated rings. The first-order valence-electron chi connectivity index (χ1n) is 7.63. The zero-order chi connectivity index (χ0) is 13.1. The lowest BCUT2D eigenvalue weighted by atomic mass is 9.98. The van der Waals surface area contributed by atoms with Gasteiger partial charge < -0.3 is 10.1 Å². The highest BCUT2D eigenvalue weighted by molar-refractivity contribution is 4.94. The lowest BCUT2D eigenvalue weighted by Gasteiger charge is -2.44. The fraction of sp³-hybridized carbons (Fsp3) is 1.00. The minimum atomic E-state index is 0.463. The third-order valence-corrected chi connectivity index (χ3v) is 4.60. The van der Waals surface area contributed by atoms with Crippen LogP contribution in [0, 0.1) is 5.92 Å². The smallest absolute Gasteiger partial charge is 0.0726 e. The molecule has 4 unspecified atom stereocenters. The molecule has 0 spiro atoms. The second kappa shape index (κ2) is 6.36. The average Bonchev–Trinajstić information content (AvgIpc) is 2.79. The summed E-state index contributed by atoms with van der Waals surface area (Å²) in [5.41, 5.74) is 0. The van der Waals surface area contributed by atoms with Gasteiger partial charge in [-0.15, -0.1) is 0 Å². The van der Waals surface area contributed by atoms with Gasteiger partial charge >= 0.3 is 0 Å². The lowest BCUT2D eigenvalue weighted by Crippen LogP contribution is -2.60. The third kappa shape index (κ3) is 3.25. The van der Waals surface area contributed by atoms with Gasteiger partial charge in [0, 0.05) is 38.3 Å². The number of methoxy groups -OCH3 is 1. The summed E-state index contributed by atoms with van der Waals surface area (Å²) < 4.78 is 5.68. The molecule has 2 aliphatic rings. The molecule has 0 aromatic carbocycles. The molecule has 1 saturated heterocycles. The van der Waals surface area contributed by atoms with Gasteiger partial charge in [0.1, 0.15) is 0 Å². The minimum absolute atomic E-state index is 0.463. The van der Waals surface area contributed by atoms with E-state index in [1.807, 2.05) is 7.11 Å². The summed E-state index contributed by atoms with van der Waals surface area (Å²) in [6, 6.07) is 1.97. The van der Waals surface area contributed by atoms with Crippen LogP contribution in [0.1, 0.15) is 46.5 Å². The van der Waals surface area contributed by atoms with Crippen molar-refractivity contribution in [2.45, 2.75) is 70.7 Å². The topological polar surface area (TPSA) is 24.5 Å². The molecule has 0 bridgehead atoms. The molecule has 0 aromatic heterocycles. The molecule has 1 aliphatic carbocycles. The molecule has 4 atom stereocenters. The molecule has 3 heteroatoms. The number of nitrogens with zero attached hydrogens (tertiary/aromatic N) is 1. The van der Waals surface area contributed by atoms with Crippen molar-refractivity contribution < 1.29 is 4.74 Å². The Morgan fingerprint density at radius 3 is 2.78 bits per heavy atom. The fourth-order valence-electron chi connectivity index (χ4n) is 3.70. The number of rotatable bonds is 4. The molecular formula is C15H30N2O. The Balaban J connectivity index is 1.96. The van der Waals surface area contributed by atoms with Gasteiger partial charge in [0.05, 0.1) is 6.10 Å². The van der Waals surface area contributed by atoms with Crippen molar-refractivity contribution in [1.82, 2.24) is 10.2 Å². The predicted octanol–water partition coefficient (Wildman–Crippen LogP) is 2.26. The van der Waals surface area contributed by atoms with E-state index in [-0.39, 0.29) is 0 Å². The van der Waals surface area contributed by atoms with Crippen LogP contribution in [-0.4, -0.2) is 49.3 Å². The first-order chi connectivity index (χ1) is 8.61. The monoisotopic (exact) mass is 254 g/mol. The van der Waals surface area contributed by atoms with Crippen LogP contribution < -0.4 is 5.32 Å². The number of nitrogens with one attached hydrogen (secondary N) is 1. The molecule has 1 saturated carbocycles. The Bertz CT molecular complexity index is 257. The van der Waals surface area contributed by atoms with Gasteiger partial charge in [-0.2, -0.15) is 0 Å². The maximum atomic E-state index is 5.68. The van der Waals surface area contributed by atoms with Gasteiger partial charge in [-0.25, -0.2) is 0 Å². The molecule has 2 rings (SSSR count). The summed E-state index contributed by atoms with van der Waals surface area (Å²) in [7, 11) is 1.88. The zero-order valence-electron chi connectivity index (χ0n) is 12.5. The van der Waals surface area contributed by atoms with E-state index in [9.17, 15) is 0 Å². The molecule has 3 nitrogen and oxygen atoms in total. The van der Waals surface area contributed by atoms with Crippen LogP contribution in [0.4, 0.5) is 0 Å². The van der Waals surface area contributed by atoms with Crippen LogP contribution >= 0.6 is 0 Å². The second-order valence-corrected chi connectivity index (χ2v) is 6.55. The Morgan fingerprint density at radius 1 is 1.33 bits per heavy atom. The van der Waals surface area contributed by atoms with E-state index in [2.05, 4.69) is 31.0 Å². The van der Waals surface area contributed by atoms with Gasteiger partial charge in [-0.05, 0) is 38.5 Å². The fourth-order valence-corrected chi connectivity index (χ4v) is 3.70. The average molecular weight is 254 g/mol. The molecule has 1 aliphatic heterocycles. The highest BCUT2D eigenvalue weighted by Crippen LogP contribution is 2.29. The van der Waals surface area contributed by atoms with Gasteiger partial charge in [0.15, 0.2) is 0 Å². The van der Waals surface area contributed by atoms with Crippen LogP contribution in [-0.2, 0) is 4.74 Å². The van der Waals surface area contributed by atoms with Crippen LogP contribution in [0.25, 0.3) is 0 Å². The first kappa shape index (κ1) is 14.3. The molecular weight excluding hydrogens is 224 g/mol. The molecule has 1 heterocycles. The van der Waals surface area contributed by atoms with E-state index in [1.165, 1.54) is 32.2 Å². The minimum Gasteiger partial charge on any atom is -0.380 e. The largest absolute Gasteiger partial charge is 0.380 e. The van der Waals surface area contributed by atoms with E-state index < -0.39 is 0 Å². The number of hydrogen-bond acceptors (Lipinski definition) is 3. The SMILES string of the molecule is COC1CCCC1N1CC(CC(C)C)NCC1C. The Hall–Kier alpha value is -0.120. The van der Waals surface area contributed by atoms with Crippen molar-refractivity contribution in [2.75, 3.05) is 20.2 Å². The summed E-state index contributed by atoms with van der Waals surface area (Å²) in [5, 5.41) is 3.70. The van der Waals surface area contributed by atoms with E-state index in [0.717, 1.165) is 12.5 Å². The number of ether oxygens (including phenoxy) is 1. The van der Waals surface area contributed by atoms with Gasteiger partial charge in [0.2, 0.25) is 0 Å². The molecule has 0 aromatic rings. The quantitative estimate of drug-likeness (QED) is 0.833. The Morgan fingerprint density at radius 2 is 2.11 bits per heavy atom. The first-order valence-corrected chi connectivity index (χ1v) is 7.63. The molecule has 0 amide bonds. The van der Waals surface area contributed by atoms with Gasteiger partial charge in [-0.1, -0.05) is 13.8 Å². The summed E-state index contributed by atoms with van der Waals surface area (Å²) in [6.07, 6.45) is 5.64. The van der Waals surface area contributed by atoms with E-state index in [1.54, 1.807) is 0 Å². The Labute approximate surface area is 112 Å². The summed E-state index contributed by atoms with van der Waals surface area (Å²) in [6.45, 7) is 9.31. The van der Waals surface area contributed by atoms with E-state index >= 15 is 0 Å². The van der Waals surface area contributed by atoms with Crippen molar-refractivity contribution in [3.63, 3.8) is 0 Å². The summed E-state index contributed by atoms with van der Waals surface area (Å²) in [4.78, 5) is 2.71. The number of piperazine rings is 1. The maximum Gasteiger partial charge on any atom is 0.0726 e. The van der Waals surface area contributed by atoms with Crippen LogP contribution in [0.5, 0.6) is 0 Å². The zero-order valence-corrected chi connectivity index (χ0v) is 12.5. The Kier molecular flexibility index (Phi) is 5.05. The molecule has 1 N–H and O–H groups in total. The second-order valence-electron chi connectivity index (χ2n) is 6.55. The van der Waals surface area contributed by atoms with E-state index in [0.29, 0.717) is 24.2 Å².